The van der Waals surface area contributed by atoms with Crippen molar-refractivity contribution in [2.45, 2.75) is 17.9 Å². The predicted octanol–water partition coefficient (Wildman–Crippen LogP) is 4.98. The Kier molecular flexibility index (Phi) is 5.09. The van der Waals surface area contributed by atoms with Gasteiger partial charge in [-0.05, 0) is 44.9 Å². The molecule has 0 aliphatic rings. The number of fused-ring (bicyclic) bond motifs is 1. The van der Waals surface area contributed by atoms with Crippen molar-refractivity contribution < 1.29 is 0 Å². The van der Waals surface area contributed by atoms with Crippen molar-refractivity contribution in [1.82, 2.24) is 9.47 Å². The minimum absolute atomic E-state index is 1.05. The molecule has 3 aromatic rings. The SMILES string of the molecule is CSc1c(-c2ccccc2)n(CCCN(C)C)c2ccccc12. The number of rotatable bonds is 6. The van der Waals surface area contributed by atoms with Crippen LogP contribution < -0.4 is 0 Å². The van der Waals surface area contributed by atoms with E-state index in [4.69, 9.17) is 0 Å². The average Bonchev–Trinajstić information content (AvgIpc) is 2.89. The molecule has 0 amide bonds. The molecule has 3 rings (SSSR count). The second-order valence-electron chi connectivity index (χ2n) is 6.07. The van der Waals surface area contributed by atoms with E-state index in [2.05, 4.69) is 84.4 Å². The molecule has 0 atom stereocenters. The standard InChI is InChI=1S/C20H24N2S/c1-21(2)14-9-15-22-18-13-8-7-12-17(18)20(23-3)19(22)16-10-5-4-6-11-16/h4-8,10-13H,9,14-15H2,1-3H3. The van der Waals surface area contributed by atoms with Crippen molar-refractivity contribution in [3.05, 3.63) is 54.6 Å². The zero-order valence-electron chi connectivity index (χ0n) is 14.1. The lowest BCUT2D eigenvalue weighted by Gasteiger charge is -2.14. The highest BCUT2D eigenvalue weighted by atomic mass is 32.2. The Hall–Kier alpha value is -1.71. The molecule has 23 heavy (non-hydrogen) atoms. The van der Waals surface area contributed by atoms with E-state index in [0.29, 0.717) is 0 Å². The first-order valence-electron chi connectivity index (χ1n) is 8.07. The van der Waals surface area contributed by atoms with E-state index in [1.807, 2.05) is 11.8 Å². The van der Waals surface area contributed by atoms with Crippen LogP contribution in [0.15, 0.2) is 59.5 Å². The van der Waals surface area contributed by atoms with Gasteiger partial charge < -0.3 is 9.47 Å². The van der Waals surface area contributed by atoms with Gasteiger partial charge in [0.15, 0.2) is 0 Å². The number of aromatic nitrogens is 1. The summed E-state index contributed by atoms with van der Waals surface area (Å²) in [6.45, 7) is 2.15. The van der Waals surface area contributed by atoms with Crippen LogP contribution in [-0.2, 0) is 6.54 Å². The van der Waals surface area contributed by atoms with Gasteiger partial charge in [0.05, 0.1) is 5.69 Å². The Labute approximate surface area is 143 Å². The van der Waals surface area contributed by atoms with Gasteiger partial charge in [-0.2, -0.15) is 0 Å². The molecule has 0 spiro atoms. The zero-order chi connectivity index (χ0) is 16.2. The maximum atomic E-state index is 2.50. The Morgan fingerprint density at radius 2 is 1.65 bits per heavy atom. The number of para-hydroxylation sites is 1. The Balaban J connectivity index is 2.14. The third kappa shape index (κ3) is 3.31. The van der Waals surface area contributed by atoms with E-state index in [-0.39, 0.29) is 0 Å². The molecule has 1 heterocycles. The van der Waals surface area contributed by atoms with Crippen LogP contribution in [0.2, 0.25) is 0 Å². The lowest BCUT2D eigenvalue weighted by molar-refractivity contribution is 0.388. The van der Waals surface area contributed by atoms with Crippen LogP contribution in [0.3, 0.4) is 0 Å². The third-order valence-electron chi connectivity index (χ3n) is 4.16. The van der Waals surface area contributed by atoms with Crippen molar-refractivity contribution in [1.29, 1.82) is 0 Å². The van der Waals surface area contributed by atoms with E-state index >= 15 is 0 Å². The van der Waals surface area contributed by atoms with Gasteiger partial charge in [0.1, 0.15) is 0 Å². The highest BCUT2D eigenvalue weighted by molar-refractivity contribution is 7.99. The summed E-state index contributed by atoms with van der Waals surface area (Å²) in [7, 11) is 4.28. The van der Waals surface area contributed by atoms with E-state index in [9.17, 15) is 0 Å². The second-order valence-corrected chi connectivity index (χ2v) is 6.89. The van der Waals surface area contributed by atoms with Crippen LogP contribution in [0.4, 0.5) is 0 Å². The molecule has 0 radical (unpaired) electrons. The summed E-state index contributed by atoms with van der Waals surface area (Å²) in [6, 6.07) is 19.6. The Morgan fingerprint density at radius 1 is 0.957 bits per heavy atom. The van der Waals surface area contributed by atoms with E-state index in [1.165, 1.54) is 27.1 Å². The fraction of sp³-hybridized carbons (Fsp3) is 0.300. The lowest BCUT2D eigenvalue weighted by Crippen LogP contribution is -2.15. The molecule has 0 N–H and O–H groups in total. The smallest absolute Gasteiger partial charge is 0.0629 e. The van der Waals surface area contributed by atoms with Gasteiger partial charge in [0, 0.05) is 22.3 Å². The van der Waals surface area contributed by atoms with Crippen LogP contribution in [-0.4, -0.2) is 36.4 Å². The fourth-order valence-corrected chi connectivity index (χ4v) is 3.95. The molecule has 0 unspecified atom stereocenters. The third-order valence-corrected chi connectivity index (χ3v) is 4.98. The number of aryl methyl sites for hydroxylation is 1. The van der Waals surface area contributed by atoms with Gasteiger partial charge in [0.25, 0.3) is 0 Å². The monoisotopic (exact) mass is 324 g/mol. The molecular formula is C20H24N2S. The van der Waals surface area contributed by atoms with Crippen LogP contribution in [0, 0.1) is 0 Å². The molecule has 0 fully saturated rings. The lowest BCUT2D eigenvalue weighted by atomic mass is 10.1. The first-order chi connectivity index (χ1) is 11.2. The zero-order valence-corrected chi connectivity index (χ0v) is 14.9. The number of nitrogens with zero attached hydrogens (tertiary/aromatic N) is 2. The minimum Gasteiger partial charge on any atom is -0.339 e. The number of thioether (sulfide) groups is 1. The van der Waals surface area contributed by atoms with Gasteiger partial charge in [-0.15, -0.1) is 11.8 Å². The molecule has 0 aliphatic carbocycles. The topological polar surface area (TPSA) is 8.17 Å². The van der Waals surface area contributed by atoms with Gasteiger partial charge in [-0.3, -0.25) is 0 Å². The minimum atomic E-state index is 1.05. The Bertz CT molecular complexity index is 775. The highest BCUT2D eigenvalue weighted by Crippen LogP contribution is 2.39. The first-order valence-corrected chi connectivity index (χ1v) is 9.30. The highest BCUT2D eigenvalue weighted by Gasteiger charge is 2.17. The summed E-state index contributed by atoms with van der Waals surface area (Å²) in [5, 5.41) is 1.36. The van der Waals surface area contributed by atoms with Crippen molar-refractivity contribution >= 4 is 22.7 Å². The van der Waals surface area contributed by atoms with Crippen molar-refractivity contribution in [2.24, 2.45) is 0 Å². The molecule has 0 bridgehead atoms. The van der Waals surface area contributed by atoms with Crippen LogP contribution >= 0.6 is 11.8 Å². The number of hydrogen-bond acceptors (Lipinski definition) is 2. The first kappa shape index (κ1) is 16.2. The number of benzene rings is 2. The summed E-state index contributed by atoms with van der Waals surface area (Å²) in [5.74, 6) is 0. The predicted molar refractivity (Wildman–Crippen MR) is 102 cm³/mol. The van der Waals surface area contributed by atoms with E-state index in [0.717, 1.165) is 19.5 Å². The summed E-state index contributed by atoms with van der Waals surface area (Å²) < 4.78 is 2.50. The number of hydrogen-bond donors (Lipinski definition) is 0. The molecule has 3 heteroatoms. The summed E-state index contributed by atoms with van der Waals surface area (Å²) in [5.41, 5.74) is 4.01. The molecule has 2 nitrogen and oxygen atoms in total. The quantitative estimate of drug-likeness (QED) is 0.591. The van der Waals surface area contributed by atoms with Crippen molar-refractivity contribution in [3.8, 4) is 11.3 Å². The summed E-state index contributed by atoms with van der Waals surface area (Å²) in [6.07, 6.45) is 3.33. The summed E-state index contributed by atoms with van der Waals surface area (Å²) in [4.78, 5) is 3.64. The van der Waals surface area contributed by atoms with E-state index < -0.39 is 0 Å². The summed E-state index contributed by atoms with van der Waals surface area (Å²) >= 11 is 1.85. The molecule has 0 saturated carbocycles. The second kappa shape index (κ2) is 7.24. The fourth-order valence-electron chi connectivity index (χ4n) is 3.14. The van der Waals surface area contributed by atoms with Gasteiger partial charge in [-0.1, -0.05) is 48.5 Å². The largest absolute Gasteiger partial charge is 0.339 e. The molecule has 120 valence electrons. The van der Waals surface area contributed by atoms with Crippen molar-refractivity contribution in [2.75, 3.05) is 26.9 Å². The van der Waals surface area contributed by atoms with Crippen LogP contribution in [0.1, 0.15) is 6.42 Å². The van der Waals surface area contributed by atoms with E-state index in [1.54, 1.807) is 0 Å². The molecular weight excluding hydrogens is 300 g/mol. The Morgan fingerprint density at radius 3 is 2.35 bits per heavy atom. The molecule has 0 aliphatic heterocycles. The van der Waals surface area contributed by atoms with Gasteiger partial charge >= 0.3 is 0 Å². The van der Waals surface area contributed by atoms with Gasteiger partial charge in [-0.25, -0.2) is 0 Å². The normalized spacial score (nSPS) is 11.5. The molecule has 0 saturated heterocycles. The van der Waals surface area contributed by atoms with Crippen LogP contribution in [0.5, 0.6) is 0 Å². The van der Waals surface area contributed by atoms with Crippen molar-refractivity contribution in [3.63, 3.8) is 0 Å². The average molecular weight is 324 g/mol. The molecule has 1 aromatic heterocycles. The maximum Gasteiger partial charge on any atom is 0.0629 e. The van der Waals surface area contributed by atoms with Crippen LogP contribution in [0.25, 0.3) is 22.2 Å². The van der Waals surface area contributed by atoms with Gasteiger partial charge in [0.2, 0.25) is 0 Å². The maximum absolute atomic E-state index is 2.50. The molecule has 2 aromatic carbocycles.